The lowest BCUT2D eigenvalue weighted by Crippen LogP contribution is -2.12. The standard InChI is InChI=1S/C12H14ClNO3/c13-10-6-5-9(12(15)16)11(14-10)17-7-8-3-1-2-4-8/h5-6,8H,1-4,7H2,(H,15,16). The van der Waals surface area contributed by atoms with Gasteiger partial charge in [0.1, 0.15) is 10.7 Å². The van der Waals surface area contributed by atoms with E-state index in [2.05, 4.69) is 4.98 Å². The van der Waals surface area contributed by atoms with Gasteiger partial charge in [0.05, 0.1) is 6.61 Å². The Labute approximate surface area is 105 Å². The predicted molar refractivity (Wildman–Crippen MR) is 63.7 cm³/mol. The molecule has 92 valence electrons. The fourth-order valence-corrected chi connectivity index (χ4v) is 2.20. The lowest BCUT2D eigenvalue weighted by Gasteiger charge is -2.12. The molecule has 1 fully saturated rings. The highest BCUT2D eigenvalue weighted by atomic mass is 35.5. The molecule has 4 nitrogen and oxygen atoms in total. The second-order valence-electron chi connectivity index (χ2n) is 4.25. The van der Waals surface area contributed by atoms with Crippen molar-refractivity contribution in [1.29, 1.82) is 0 Å². The van der Waals surface area contributed by atoms with Gasteiger partial charge in [-0.1, -0.05) is 24.4 Å². The monoisotopic (exact) mass is 255 g/mol. The molecular weight excluding hydrogens is 242 g/mol. The molecule has 0 spiro atoms. The zero-order chi connectivity index (χ0) is 12.3. The highest BCUT2D eigenvalue weighted by Gasteiger charge is 2.18. The topological polar surface area (TPSA) is 59.4 Å². The summed E-state index contributed by atoms with van der Waals surface area (Å²) in [5.41, 5.74) is 0.0624. The minimum absolute atomic E-state index is 0.0624. The van der Waals surface area contributed by atoms with E-state index in [1.807, 2.05) is 0 Å². The molecule has 0 aromatic carbocycles. The van der Waals surface area contributed by atoms with Crippen molar-refractivity contribution < 1.29 is 14.6 Å². The first-order chi connectivity index (χ1) is 8.16. The van der Waals surface area contributed by atoms with Gasteiger partial charge in [-0.15, -0.1) is 0 Å². The van der Waals surface area contributed by atoms with Crippen molar-refractivity contribution in [3.63, 3.8) is 0 Å². The lowest BCUT2D eigenvalue weighted by molar-refractivity contribution is 0.0690. The van der Waals surface area contributed by atoms with Crippen LogP contribution in [-0.4, -0.2) is 22.7 Å². The van der Waals surface area contributed by atoms with Crippen molar-refractivity contribution in [1.82, 2.24) is 4.98 Å². The summed E-state index contributed by atoms with van der Waals surface area (Å²) in [6.07, 6.45) is 4.73. The minimum atomic E-state index is -1.05. The Kier molecular flexibility index (Phi) is 3.84. The van der Waals surface area contributed by atoms with Gasteiger partial charge < -0.3 is 9.84 Å². The fourth-order valence-electron chi connectivity index (χ4n) is 2.06. The van der Waals surface area contributed by atoms with Crippen LogP contribution in [0.25, 0.3) is 0 Å². The van der Waals surface area contributed by atoms with E-state index < -0.39 is 5.97 Å². The Hall–Kier alpha value is -1.29. The number of carboxylic acid groups (broad SMARTS) is 1. The van der Waals surface area contributed by atoms with Crippen LogP contribution in [0.3, 0.4) is 0 Å². The molecule has 0 atom stereocenters. The van der Waals surface area contributed by atoms with Gasteiger partial charge in [-0.3, -0.25) is 0 Å². The van der Waals surface area contributed by atoms with Crippen LogP contribution in [0, 0.1) is 5.92 Å². The van der Waals surface area contributed by atoms with Crippen molar-refractivity contribution in [3.8, 4) is 5.88 Å². The minimum Gasteiger partial charge on any atom is -0.477 e. The quantitative estimate of drug-likeness (QED) is 0.841. The summed E-state index contributed by atoms with van der Waals surface area (Å²) >= 11 is 5.73. The average Bonchev–Trinajstić information content (AvgIpc) is 2.78. The second kappa shape index (κ2) is 5.36. The first-order valence-corrected chi connectivity index (χ1v) is 6.07. The molecule has 1 aliphatic rings. The number of carbonyl (C=O) groups is 1. The summed E-state index contributed by atoms with van der Waals surface area (Å²) < 4.78 is 5.49. The van der Waals surface area contributed by atoms with E-state index >= 15 is 0 Å². The number of ether oxygens (including phenoxy) is 1. The highest BCUT2D eigenvalue weighted by molar-refractivity contribution is 6.29. The Morgan fingerprint density at radius 1 is 1.47 bits per heavy atom. The van der Waals surface area contributed by atoms with Crippen LogP contribution in [0.5, 0.6) is 5.88 Å². The van der Waals surface area contributed by atoms with E-state index in [1.54, 1.807) is 0 Å². The Balaban J connectivity index is 2.07. The molecule has 0 bridgehead atoms. The molecular formula is C12H14ClNO3. The molecule has 1 N–H and O–H groups in total. The van der Waals surface area contributed by atoms with Gasteiger partial charge in [-0.2, -0.15) is 0 Å². The van der Waals surface area contributed by atoms with Crippen molar-refractivity contribution in [2.45, 2.75) is 25.7 Å². The van der Waals surface area contributed by atoms with Crippen molar-refractivity contribution in [2.75, 3.05) is 6.61 Å². The molecule has 0 saturated heterocycles. The van der Waals surface area contributed by atoms with E-state index in [-0.39, 0.29) is 16.6 Å². The molecule has 1 aromatic rings. The number of halogens is 1. The predicted octanol–water partition coefficient (Wildman–Crippen LogP) is 3.00. The van der Waals surface area contributed by atoms with Gasteiger partial charge in [0.2, 0.25) is 5.88 Å². The van der Waals surface area contributed by atoms with E-state index in [0.717, 1.165) is 12.8 Å². The van der Waals surface area contributed by atoms with Crippen molar-refractivity contribution >= 4 is 17.6 Å². The molecule has 1 aliphatic carbocycles. The van der Waals surface area contributed by atoms with E-state index in [9.17, 15) is 4.79 Å². The first-order valence-electron chi connectivity index (χ1n) is 5.69. The zero-order valence-corrected chi connectivity index (χ0v) is 10.1. The van der Waals surface area contributed by atoms with Crippen LogP contribution in [-0.2, 0) is 0 Å². The molecule has 1 aromatic heterocycles. The number of carboxylic acids is 1. The summed E-state index contributed by atoms with van der Waals surface area (Å²) in [6.45, 7) is 0.521. The third-order valence-electron chi connectivity index (χ3n) is 2.99. The molecule has 17 heavy (non-hydrogen) atoms. The van der Waals surface area contributed by atoms with E-state index in [0.29, 0.717) is 12.5 Å². The molecule has 0 unspecified atom stereocenters. The Bertz CT molecular complexity index is 416. The fraction of sp³-hybridized carbons (Fsp3) is 0.500. The summed E-state index contributed by atoms with van der Waals surface area (Å²) in [7, 11) is 0. The molecule has 0 aliphatic heterocycles. The van der Waals surface area contributed by atoms with Gasteiger partial charge in [-0.25, -0.2) is 9.78 Å². The number of hydrogen-bond acceptors (Lipinski definition) is 3. The largest absolute Gasteiger partial charge is 0.477 e. The zero-order valence-electron chi connectivity index (χ0n) is 9.36. The maximum atomic E-state index is 11.0. The van der Waals surface area contributed by atoms with Crippen LogP contribution in [0.1, 0.15) is 36.0 Å². The number of aromatic carboxylic acids is 1. The molecule has 0 radical (unpaired) electrons. The van der Waals surface area contributed by atoms with Crippen molar-refractivity contribution in [3.05, 3.63) is 22.8 Å². The number of hydrogen-bond donors (Lipinski definition) is 1. The molecule has 0 amide bonds. The number of nitrogens with zero attached hydrogens (tertiary/aromatic N) is 1. The van der Waals surface area contributed by atoms with Crippen LogP contribution in [0.15, 0.2) is 12.1 Å². The van der Waals surface area contributed by atoms with Crippen LogP contribution in [0.4, 0.5) is 0 Å². The highest BCUT2D eigenvalue weighted by Crippen LogP contribution is 2.26. The molecule has 1 heterocycles. The summed E-state index contributed by atoms with van der Waals surface area (Å²) in [4.78, 5) is 14.9. The Morgan fingerprint density at radius 3 is 2.82 bits per heavy atom. The van der Waals surface area contributed by atoms with Crippen molar-refractivity contribution in [2.24, 2.45) is 5.92 Å². The lowest BCUT2D eigenvalue weighted by atomic mass is 10.1. The SMILES string of the molecule is O=C(O)c1ccc(Cl)nc1OCC1CCCC1. The van der Waals surface area contributed by atoms with Gasteiger partial charge in [0.15, 0.2) is 0 Å². The van der Waals surface area contributed by atoms with Gasteiger partial charge in [0, 0.05) is 0 Å². The van der Waals surface area contributed by atoms with Gasteiger partial charge >= 0.3 is 5.97 Å². The van der Waals surface area contributed by atoms with Crippen LogP contribution in [0.2, 0.25) is 5.15 Å². The maximum absolute atomic E-state index is 11.0. The van der Waals surface area contributed by atoms with E-state index in [1.165, 1.54) is 25.0 Å². The van der Waals surface area contributed by atoms with E-state index in [4.69, 9.17) is 21.4 Å². The molecule has 5 heteroatoms. The summed E-state index contributed by atoms with van der Waals surface area (Å²) in [6, 6.07) is 2.87. The normalized spacial score (nSPS) is 16.1. The first kappa shape index (κ1) is 12.2. The number of rotatable bonds is 4. The third kappa shape index (κ3) is 3.09. The number of pyridine rings is 1. The molecule has 1 saturated carbocycles. The smallest absolute Gasteiger partial charge is 0.341 e. The number of aromatic nitrogens is 1. The van der Waals surface area contributed by atoms with Crippen LogP contribution < -0.4 is 4.74 Å². The third-order valence-corrected chi connectivity index (χ3v) is 3.20. The summed E-state index contributed by atoms with van der Waals surface area (Å²) in [5.74, 6) is -0.412. The maximum Gasteiger partial charge on any atom is 0.341 e. The van der Waals surface area contributed by atoms with Gasteiger partial charge in [-0.05, 0) is 30.9 Å². The molecule has 2 rings (SSSR count). The van der Waals surface area contributed by atoms with Crippen LogP contribution >= 0.6 is 11.6 Å². The average molecular weight is 256 g/mol. The Morgan fingerprint density at radius 2 is 2.18 bits per heavy atom. The summed E-state index contributed by atoms with van der Waals surface area (Å²) in [5, 5.41) is 9.23. The second-order valence-corrected chi connectivity index (χ2v) is 4.64. The van der Waals surface area contributed by atoms with Gasteiger partial charge in [0.25, 0.3) is 0 Å².